The van der Waals surface area contributed by atoms with Gasteiger partial charge >= 0.3 is 0 Å². The number of nitrogens with zero attached hydrogens (tertiary/aromatic N) is 1. The second kappa shape index (κ2) is 2.23. The Hall–Kier alpha value is -0.160. The van der Waals surface area contributed by atoms with Gasteiger partial charge in [0.2, 0.25) is 0 Å². The summed E-state index contributed by atoms with van der Waals surface area (Å²) < 4.78 is 0. The lowest BCUT2D eigenvalue weighted by molar-refractivity contribution is 0.524. The van der Waals surface area contributed by atoms with E-state index in [9.17, 15) is 0 Å². The molecule has 0 aromatic carbocycles. The zero-order valence-electron chi connectivity index (χ0n) is 4.05. The van der Waals surface area contributed by atoms with E-state index in [-0.39, 0.29) is 0 Å². The molecule has 0 radical (unpaired) electrons. The molecule has 1 fully saturated rings. The van der Waals surface area contributed by atoms with Crippen molar-refractivity contribution < 1.29 is 0 Å². The zero-order chi connectivity index (χ0) is 5.11. The zero-order valence-corrected chi connectivity index (χ0v) is 4.87. The fraction of sp³-hybridized carbons (Fsp3) is 0.800. The van der Waals surface area contributed by atoms with Crippen LogP contribution in [-0.4, -0.2) is 5.25 Å². The number of thiocyanates is 1. The summed E-state index contributed by atoms with van der Waals surface area (Å²) >= 11 is 1.42. The number of rotatable bonds is 1. The molecule has 1 rings (SSSR count). The van der Waals surface area contributed by atoms with Crippen LogP contribution in [0.4, 0.5) is 0 Å². The van der Waals surface area contributed by atoms with Gasteiger partial charge in [0.1, 0.15) is 5.40 Å². The fourth-order valence-electron chi connectivity index (χ4n) is 0.563. The van der Waals surface area contributed by atoms with E-state index in [0.717, 1.165) is 0 Å². The van der Waals surface area contributed by atoms with Crippen molar-refractivity contribution in [2.75, 3.05) is 0 Å². The van der Waals surface area contributed by atoms with Crippen molar-refractivity contribution >= 4 is 11.8 Å². The van der Waals surface area contributed by atoms with Gasteiger partial charge in [0, 0.05) is 5.25 Å². The van der Waals surface area contributed by atoms with E-state index >= 15 is 0 Å². The summed E-state index contributed by atoms with van der Waals surface area (Å²) in [6.07, 6.45) is 3.86. The van der Waals surface area contributed by atoms with E-state index in [4.69, 9.17) is 5.26 Å². The smallest absolute Gasteiger partial charge is 0.133 e. The Labute approximate surface area is 47.7 Å². The molecular formula is C5H7NS. The van der Waals surface area contributed by atoms with Gasteiger partial charge < -0.3 is 0 Å². The molecule has 2 heteroatoms. The van der Waals surface area contributed by atoms with Gasteiger partial charge in [-0.3, -0.25) is 0 Å². The van der Waals surface area contributed by atoms with Crippen molar-refractivity contribution in [3.05, 3.63) is 0 Å². The molecular weight excluding hydrogens is 106 g/mol. The molecule has 0 aromatic heterocycles. The molecule has 0 N–H and O–H groups in total. The molecule has 0 saturated heterocycles. The van der Waals surface area contributed by atoms with Crippen LogP contribution in [0.3, 0.4) is 0 Å². The largest absolute Gasteiger partial charge is 0.185 e. The highest BCUT2D eigenvalue weighted by molar-refractivity contribution is 8.04. The minimum atomic E-state index is 0.685. The topological polar surface area (TPSA) is 23.8 Å². The van der Waals surface area contributed by atoms with Crippen LogP contribution in [-0.2, 0) is 0 Å². The fourth-order valence-corrected chi connectivity index (χ4v) is 1.28. The maximum atomic E-state index is 8.11. The lowest BCUT2D eigenvalue weighted by atomic mass is 10.0. The Balaban J connectivity index is 2.06. The summed E-state index contributed by atoms with van der Waals surface area (Å²) in [4.78, 5) is 0. The maximum absolute atomic E-state index is 8.11. The highest BCUT2D eigenvalue weighted by atomic mass is 32.2. The molecule has 1 nitrogen and oxygen atoms in total. The number of hydrogen-bond acceptors (Lipinski definition) is 2. The summed E-state index contributed by atoms with van der Waals surface area (Å²) in [5.41, 5.74) is 0. The molecule has 0 bridgehead atoms. The van der Waals surface area contributed by atoms with E-state index in [1.807, 2.05) is 0 Å². The van der Waals surface area contributed by atoms with Crippen molar-refractivity contribution in [1.29, 1.82) is 5.26 Å². The molecule has 1 aliphatic rings. The number of thioether (sulfide) groups is 1. The van der Waals surface area contributed by atoms with Crippen LogP contribution in [0.2, 0.25) is 0 Å². The van der Waals surface area contributed by atoms with Crippen LogP contribution < -0.4 is 0 Å². The quantitative estimate of drug-likeness (QED) is 0.484. The Morgan fingerprint density at radius 3 is 2.43 bits per heavy atom. The first-order chi connectivity index (χ1) is 3.43. The van der Waals surface area contributed by atoms with Gasteiger partial charge in [-0.15, -0.1) is 0 Å². The van der Waals surface area contributed by atoms with Crippen molar-refractivity contribution in [3.8, 4) is 5.40 Å². The Morgan fingerprint density at radius 1 is 1.57 bits per heavy atom. The third-order valence-electron chi connectivity index (χ3n) is 1.27. The molecule has 38 valence electrons. The molecule has 7 heavy (non-hydrogen) atoms. The molecule has 0 amide bonds. The van der Waals surface area contributed by atoms with E-state index in [1.54, 1.807) is 0 Å². The summed E-state index contributed by atoms with van der Waals surface area (Å²) in [6.45, 7) is 0. The summed E-state index contributed by atoms with van der Waals surface area (Å²) in [5, 5.41) is 10.9. The van der Waals surface area contributed by atoms with E-state index in [2.05, 4.69) is 5.40 Å². The van der Waals surface area contributed by atoms with Crippen molar-refractivity contribution in [2.24, 2.45) is 0 Å². The van der Waals surface area contributed by atoms with Gasteiger partial charge in [-0.2, -0.15) is 5.26 Å². The minimum absolute atomic E-state index is 0.685. The third-order valence-corrected chi connectivity index (χ3v) is 2.18. The monoisotopic (exact) mass is 113 g/mol. The van der Waals surface area contributed by atoms with Crippen LogP contribution in [0.15, 0.2) is 0 Å². The number of hydrogen-bond donors (Lipinski definition) is 0. The normalized spacial score (nSPS) is 20.4. The van der Waals surface area contributed by atoms with Gasteiger partial charge in [0.25, 0.3) is 0 Å². The van der Waals surface area contributed by atoms with Gasteiger partial charge in [-0.05, 0) is 24.6 Å². The van der Waals surface area contributed by atoms with Crippen LogP contribution in [0.5, 0.6) is 0 Å². The first-order valence-electron chi connectivity index (χ1n) is 2.48. The standard InChI is InChI=1S/C5H7NS/c6-4-7-5-2-1-3-5/h5H,1-3H2. The molecule has 0 heterocycles. The van der Waals surface area contributed by atoms with Crippen LogP contribution in [0, 0.1) is 10.7 Å². The van der Waals surface area contributed by atoms with E-state index < -0.39 is 0 Å². The highest BCUT2D eigenvalue weighted by Crippen LogP contribution is 2.29. The lowest BCUT2D eigenvalue weighted by Crippen LogP contribution is -2.11. The van der Waals surface area contributed by atoms with Crippen molar-refractivity contribution in [2.45, 2.75) is 24.5 Å². The average Bonchev–Trinajstić information content (AvgIpc) is 1.55. The Kier molecular flexibility index (Phi) is 1.59. The lowest BCUT2D eigenvalue weighted by Gasteiger charge is -2.20. The molecule has 0 aromatic rings. The van der Waals surface area contributed by atoms with Crippen LogP contribution in [0.25, 0.3) is 0 Å². The third kappa shape index (κ3) is 1.10. The second-order valence-corrected chi connectivity index (χ2v) is 2.85. The first-order valence-corrected chi connectivity index (χ1v) is 3.36. The molecule has 0 aliphatic heterocycles. The van der Waals surface area contributed by atoms with Gasteiger partial charge in [-0.25, -0.2) is 0 Å². The Bertz CT molecular complexity index is 90.7. The van der Waals surface area contributed by atoms with Crippen LogP contribution in [0.1, 0.15) is 19.3 Å². The predicted molar refractivity (Wildman–Crippen MR) is 30.8 cm³/mol. The molecule has 0 unspecified atom stereocenters. The summed E-state index contributed by atoms with van der Waals surface area (Å²) in [7, 11) is 0. The van der Waals surface area contributed by atoms with Crippen LogP contribution >= 0.6 is 11.8 Å². The molecule has 1 aliphatic carbocycles. The second-order valence-electron chi connectivity index (χ2n) is 1.76. The highest BCUT2D eigenvalue weighted by Gasteiger charge is 2.16. The Morgan fingerprint density at radius 2 is 2.29 bits per heavy atom. The SMILES string of the molecule is N#CSC1CCC1. The summed E-state index contributed by atoms with van der Waals surface area (Å²) in [5.74, 6) is 0. The molecule has 0 atom stereocenters. The van der Waals surface area contributed by atoms with Gasteiger partial charge in [-0.1, -0.05) is 6.42 Å². The van der Waals surface area contributed by atoms with Gasteiger partial charge in [0.05, 0.1) is 0 Å². The average molecular weight is 113 g/mol. The van der Waals surface area contributed by atoms with Gasteiger partial charge in [0.15, 0.2) is 0 Å². The van der Waals surface area contributed by atoms with E-state index in [1.165, 1.54) is 31.0 Å². The van der Waals surface area contributed by atoms with E-state index in [0.29, 0.717) is 5.25 Å². The first kappa shape index (κ1) is 4.99. The van der Waals surface area contributed by atoms with Crippen molar-refractivity contribution in [1.82, 2.24) is 0 Å². The number of nitriles is 1. The molecule has 0 spiro atoms. The summed E-state index contributed by atoms with van der Waals surface area (Å²) in [6, 6.07) is 0. The van der Waals surface area contributed by atoms with Crippen molar-refractivity contribution in [3.63, 3.8) is 0 Å². The maximum Gasteiger partial charge on any atom is 0.133 e. The minimum Gasteiger partial charge on any atom is -0.185 e. The molecule has 1 saturated carbocycles. The predicted octanol–water partition coefficient (Wildman–Crippen LogP) is 1.75.